The molecule has 1 aliphatic rings. The van der Waals surface area contributed by atoms with E-state index in [1.54, 1.807) is 0 Å². The summed E-state index contributed by atoms with van der Waals surface area (Å²) < 4.78 is 12.9. The van der Waals surface area contributed by atoms with Gasteiger partial charge in [-0.1, -0.05) is 78.9 Å². The molecule has 214 valence electrons. The quantitative estimate of drug-likeness (QED) is 0.280. The van der Waals surface area contributed by atoms with Crippen LogP contribution in [0.4, 0.5) is 4.79 Å². The number of aliphatic hydroxyl groups is 2. The fourth-order valence-electron chi connectivity index (χ4n) is 4.89. The van der Waals surface area contributed by atoms with Gasteiger partial charge in [-0.15, -0.1) is 0 Å². The lowest BCUT2D eigenvalue weighted by Crippen LogP contribution is -2.43. The third kappa shape index (κ3) is 7.90. The molecule has 0 spiro atoms. The van der Waals surface area contributed by atoms with Crippen LogP contribution in [0.3, 0.4) is 0 Å². The van der Waals surface area contributed by atoms with Crippen molar-refractivity contribution in [1.82, 2.24) is 15.5 Å². The number of urea groups is 1. The number of aliphatic hydroxyl groups excluding tert-OH is 2. The molecule has 5 atom stereocenters. The van der Waals surface area contributed by atoms with Crippen molar-refractivity contribution in [2.45, 2.75) is 64.1 Å². The predicted molar refractivity (Wildman–Crippen MR) is 154 cm³/mol. The minimum absolute atomic E-state index is 0.00605. The lowest BCUT2D eigenvalue weighted by atomic mass is 9.98. The Labute approximate surface area is 236 Å². The molecule has 3 aromatic rings. The molecule has 3 aromatic carbocycles. The number of amides is 2. The number of carbonyl (C=O) groups excluding carboxylic acids is 1. The molecule has 4 N–H and O–H groups in total. The molecule has 8 heteroatoms. The number of hydrogen-bond donors (Lipinski definition) is 4. The number of nitrogens with zero attached hydrogens (tertiary/aromatic N) is 1. The van der Waals surface area contributed by atoms with Crippen LogP contribution in [-0.2, 0) is 22.6 Å². The van der Waals surface area contributed by atoms with E-state index < -0.39 is 12.4 Å². The number of benzene rings is 3. The molecule has 2 amide bonds. The van der Waals surface area contributed by atoms with Crippen LogP contribution in [0.2, 0.25) is 0 Å². The number of likely N-dealkylation sites (N-methyl/N-ethyl adjacent to an activating group) is 1. The summed E-state index contributed by atoms with van der Waals surface area (Å²) in [4.78, 5) is 13.9. The summed E-state index contributed by atoms with van der Waals surface area (Å²) in [5.41, 5.74) is 4.63. The van der Waals surface area contributed by atoms with Gasteiger partial charge in [0, 0.05) is 37.7 Å². The summed E-state index contributed by atoms with van der Waals surface area (Å²) in [6, 6.07) is 25.1. The van der Waals surface area contributed by atoms with Crippen LogP contribution in [0.1, 0.15) is 66.6 Å². The molecule has 1 aliphatic heterocycles. The smallest absolute Gasteiger partial charge is 0.315 e. The first kappa shape index (κ1) is 29.7. The maximum Gasteiger partial charge on any atom is 0.315 e. The van der Waals surface area contributed by atoms with E-state index in [0.29, 0.717) is 26.1 Å². The van der Waals surface area contributed by atoms with E-state index in [2.05, 4.69) is 15.5 Å². The molecular formula is C32H41N3O5. The molecular weight excluding hydrogens is 506 g/mol. The zero-order valence-corrected chi connectivity index (χ0v) is 23.5. The van der Waals surface area contributed by atoms with Crippen molar-refractivity contribution in [3.05, 3.63) is 107 Å². The molecule has 0 aliphatic carbocycles. The zero-order valence-electron chi connectivity index (χ0n) is 23.5. The largest absolute Gasteiger partial charge is 0.392 e. The van der Waals surface area contributed by atoms with Gasteiger partial charge in [-0.3, -0.25) is 4.90 Å². The van der Waals surface area contributed by atoms with Crippen molar-refractivity contribution < 1.29 is 24.5 Å². The SMILES string of the molecule is CCNC(=O)NCc1ccc([C@H]2O[C@@H](CN(C)[C@@H](C)[C@H](O)c3ccccc3)C[C@@H](c3ccc(CO)cc3)O2)cc1. The molecule has 0 saturated carbocycles. The van der Waals surface area contributed by atoms with Crippen LogP contribution < -0.4 is 10.6 Å². The third-order valence-corrected chi connectivity index (χ3v) is 7.44. The van der Waals surface area contributed by atoms with E-state index in [4.69, 9.17) is 9.47 Å². The second-order valence-corrected chi connectivity index (χ2v) is 10.3. The van der Waals surface area contributed by atoms with Crippen molar-refractivity contribution in [2.75, 3.05) is 20.1 Å². The first-order valence-electron chi connectivity index (χ1n) is 13.9. The average molecular weight is 548 g/mol. The summed E-state index contributed by atoms with van der Waals surface area (Å²) in [6.45, 7) is 5.51. The van der Waals surface area contributed by atoms with Gasteiger partial charge in [0.1, 0.15) is 0 Å². The average Bonchev–Trinajstić information content (AvgIpc) is 3.00. The van der Waals surface area contributed by atoms with E-state index in [9.17, 15) is 15.0 Å². The monoisotopic (exact) mass is 547 g/mol. The van der Waals surface area contributed by atoms with Gasteiger partial charge in [-0.05, 0) is 43.1 Å². The normalized spacial score (nSPS) is 20.6. The van der Waals surface area contributed by atoms with Crippen LogP contribution in [0.25, 0.3) is 0 Å². The highest BCUT2D eigenvalue weighted by atomic mass is 16.7. The van der Waals surface area contributed by atoms with Crippen LogP contribution >= 0.6 is 0 Å². The van der Waals surface area contributed by atoms with Crippen molar-refractivity contribution in [3.63, 3.8) is 0 Å². The molecule has 0 aromatic heterocycles. The fourth-order valence-corrected chi connectivity index (χ4v) is 4.89. The lowest BCUT2D eigenvalue weighted by Gasteiger charge is -2.39. The second kappa shape index (κ2) is 14.4. The maximum absolute atomic E-state index is 11.7. The molecule has 40 heavy (non-hydrogen) atoms. The first-order chi connectivity index (χ1) is 19.4. The van der Waals surface area contributed by atoms with Crippen LogP contribution in [0.5, 0.6) is 0 Å². The van der Waals surface area contributed by atoms with Crippen molar-refractivity contribution in [2.24, 2.45) is 0 Å². The number of hydrogen-bond acceptors (Lipinski definition) is 6. The van der Waals surface area contributed by atoms with Crippen molar-refractivity contribution in [1.29, 1.82) is 0 Å². The highest BCUT2D eigenvalue weighted by Crippen LogP contribution is 2.38. The van der Waals surface area contributed by atoms with Gasteiger partial charge in [-0.25, -0.2) is 4.79 Å². The molecule has 1 fully saturated rings. The molecule has 1 heterocycles. The Morgan fingerprint density at radius 3 is 2.25 bits per heavy atom. The summed E-state index contributed by atoms with van der Waals surface area (Å²) in [5.74, 6) is 0. The minimum Gasteiger partial charge on any atom is -0.392 e. The number of carbonyl (C=O) groups is 1. The van der Waals surface area contributed by atoms with E-state index in [-0.39, 0.29) is 30.9 Å². The van der Waals surface area contributed by atoms with Gasteiger partial charge in [0.25, 0.3) is 0 Å². The Bertz CT molecular complexity index is 1190. The molecule has 0 bridgehead atoms. The van der Waals surface area contributed by atoms with E-state index in [1.165, 1.54) is 0 Å². The Balaban J connectivity index is 1.48. The molecule has 8 nitrogen and oxygen atoms in total. The predicted octanol–water partition coefficient (Wildman–Crippen LogP) is 4.60. The van der Waals surface area contributed by atoms with Gasteiger partial charge in [0.15, 0.2) is 6.29 Å². The standard InChI is InChI=1S/C32H41N3O5/c1-4-33-32(38)34-19-23-10-16-27(17-11-23)31-39-28(18-29(40-31)25-14-12-24(21-36)13-15-25)20-35(3)22(2)30(37)26-8-6-5-7-9-26/h5-17,22,28-31,36-37H,4,18-21H2,1-3H3,(H2,33,34,38)/t22-,28+,29-,30-,31-/m0/s1. The molecule has 4 rings (SSSR count). The summed E-state index contributed by atoms with van der Waals surface area (Å²) >= 11 is 0. The van der Waals surface area contributed by atoms with E-state index in [0.717, 1.165) is 27.8 Å². The zero-order chi connectivity index (χ0) is 28.5. The Hall–Kier alpha value is -3.27. The topological polar surface area (TPSA) is 103 Å². The Morgan fingerprint density at radius 2 is 1.60 bits per heavy atom. The highest BCUT2D eigenvalue weighted by molar-refractivity contribution is 5.73. The maximum atomic E-state index is 11.7. The van der Waals surface area contributed by atoms with Gasteiger partial charge in [0.2, 0.25) is 0 Å². The summed E-state index contributed by atoms with van der Waals surface area (Å²) in [7, 11) is 2.01. The van der Waals surface area contributed by atoms with Crippen molar-refractivity contribution in [3.8, 4) is 0 Å². The summed E-state index contributed by atoms with van der Waals surface area (Å²) in [6.07, 6.45) is -0.880. The Kier molecular flexibility index (Phi) is 10.7. The van der Waals surface area contributed by atoms with Gasteiger partial charge in [0.05, 0.1) is 24.9 Å². The minimum atomic E-state index is -0.621. The lowest BCUT2D eigenvalue weighted by molar-refractivity contribution is -0.253. The van der Waals surface area contributed by atoms with Crippen LogP contribution in [0.15, 0.2) is 78.9 Å². The van der Waals surface area contributed by atoms with E-state index in [1.807, 2.05) is 99.8 Å². The molecule has 0 radical (unpaired) electrons. The van der Waals surface area contributed by atoms with Crippen LogP contribution in [0, 0.1) is 0 Å². The fraction of sp³-hybridized carbons (Fsp3) is 0.406. The summed E-state index contributed by atoms with van der Waals surface area (Å²) in [5, 5.41) is 26.0. The first-order valence-corrected chi connectivity index (χ1v) is 13.9. The molecule has 1 saturated heterocycles. The van der Waals surface area contributed by atoms with Gasteiger partial charge >= 0.3 is 6.03 Å². The number of rotatable bonds is 11. The second-order valence-electron chi connectivity index (χ2n) is 10.3. The highest BCUT2D eigenvalue weighted by Gasteiger charge is 2.34. The van der Waals surface area contributed by atoms with Gasteiger partial charge in [-0.2, -0.15) is 0 Å². The Morgan fingerprint density at radius 1 is 0.950 bits per heavy atom. The number of nitrogens with one attached hydrogen (secondary N) is 2. The van der Waals surface area contributed by atoms with Crippen molar-refractivity contribution >= 4 is 6.03 Å². The number of ether oxygens (including phenoxy) is 2. The van der Waals surface area contributed by atoms with Gasteiger partial charge < -0.3 is 30.3 Å². The van der Waals surface area contributed by atoms with Crippen LogP contribution in [-0.4, -0.2) is 53.4 Å². The third-order valence-electron chi connectivity index (χ3n) is 7.44. The van der Waals surface area contributed by atoms with E-state index >= 15 is 0 Å². The molecule has 0 unspecified atom stereocenters.